The predicted octanol–water partition coefficient (Wildman–Crippen LogP) is 3.36. The van der Waals surface area contributed by atoms with Crippen molar-refractivity contribution in [2.45, 2.75) is 18.5 Å². The molecule has 25 heavy (non-hydrogen) atoms. The lowest BCUT2D eigenvalue weighted by Crippen LogP contribution is -2.24. The van der Waals surface area contributed by atoms with Crippen molar-refractivity contribution in [2.24, 2.45) is 0 Å². The summed E-state index contributed by atoms with van der Waals surface area (Å²) >= 11 is 1.40. The number of para-hydroxylation sites is 3. The van der Waals surface area contributed by atoms with E-state index < -0.39 is 0 Å². The molecule has 0 saturated heterocycles. The standard InChI is InChI=1S/C19H19N3O2S/c1-13-19(22-16-9-5-4-8-15(16)21-13)25-12-18(23)20-11-14-7-3-6-10-17(14)24-2/h3-10H,11-12H2,1-2H3,(H,20,23). The Balaban J connectivity index is 1.60. The highest BCUT2D eigenvalue weighted by atomic mass is 32.2. The Morgan fingerprint density at radius 2 is 1.76 bits per heavy atom. The molecule has 0 unspecified atom stereocenters. The number of hydrogen-bond donors (Lipinski definition) is 1. The van der Waals surface area contributed by atoms with Gasteiger partial charge in [0.1, 0.15) is 10.8 Å². The maximum atomic E-state index is 12.1. The second-order valence-corrected chi connectivity index (χ2v) is 6.44. The third-order valence-corrected chi connectivity index (χ3v) is 4.78. The van der Waals surface area contributed by atoms with Crippen molar-refractivity contribution >= 4 is 28.7 Å². The third-order valence-electron chi connectivity index (χ3n) is 3.71. The molecule has 0 atom stereocenters. The first-order chi connectivity index (χ1) is 12.2. The van der Waals surface area contributed by atoms with Gasteiger partial charge >= 0.3 is 0 Å². The van der Waals surface area contributed by atoms with Crippen LogP contribution in [0.4, 0.5) is 0 Å². The minimum Gasteiger partial charge on any atom is -0.496 e. The zero-order chi connectivity index (χ0) is 17.6. The topological polar surface area (TPSA) is 64.1 Å². The van der Waals surface area contributed by atoms with Gasteiger partial charge in [-0.05, 0) is 25.1 Å². The van der Waals surface area contributed by atoms with E-state index in [2.05, 4.69) is 15.3 Å². The summed E-state index contributed by atoms with van der Waals surface area (Å²) in [5.41, 5.74) is 3.49. The first-order valence-electron chi connectivity index (χ1n) is 7.92. The fourth-order valence-electron chi connectivity index (χ4n) is 2.44. The third kappa shape index (κ3) is 4.28. The molecule has 3 rings (SSSR count). The summed E-state index contributed by atoms with van der Waals surface area (Å²) in [7, 11) is 1.62. The van der Waals surface area contributed by atoms with Crippen LogP contribution in [0.2, 0.25) is 0 Å². The number of hydrogen-bond acceptors (Lipinski definition) is 5. The van der Waals surface area contributed by atoms with Crippen LogP contribution in [0.5, 0.6) is 5.75 Å². The zero-order valence-electron chi connectivity index (χ0n) is 14.2. The van der Waals surface area contributed by atoms with Gasteiger partial charge in [0.05, 0.1) is 29.6 Å². The highest BCUT2D eigenvalue weighted by molar-refractivity contribution is 7.99. The Hall–Kier alpha value is -2.60. The monoisotopic (exact) mass is 353 g/mol. The van der Waals surface area contributed by atoms with Crippen LogP contribution < -0.4 is 10.1 Å². The maximum Gasteiger partial charge on any atom is 0.230 e. The fourth-order valence-corrected chi connectivity index (χ4v) is 3.22. The molecule has 3 aromatic rings. The minimum absolute atomic E-state index is 0.0507. The molecular weight excluding hydrogens is 334 g/mol. The fraction of sp³-hybridized carbons (Fsp3) is 0.211. The number of aryl methyl sites for hydroxylation is 1. The van der Waals surface area contributed by atoms with E-state index in [1.165, 1.54) is 11.8 Å². The van der Waals surface area contributed by atoms with Gasteiger partial charge in [-0.25, -0.2) is 9.97 Å². The summed E-state index contributed by atoms with van der Waals surface area (Å²) in [5, 5.41) is 3.70. The van der Waals surface area contributed by atoms with Gasteiger partial charge in [-0.15, -0.1) is 0 Å². The number of fused-ring (bicyclic) bond motifs is 1. The van der Waals surface area contributed by atoms with Crippen LogP contribution in [0.25, 0.3) is 11.0 Å². The maximum absolute atomic E-state index is 12.1. The highest BCUT2D eigenvalue weighted by Crippen LogP contribution is 2.22. The first-order valence-corrected chi connectivity index (χ1v) is 8.90. The van der Waals surface area contributed by atoms with Gasteiger partial charge in [-0.2, -0.15) is 0 Å². The van der Waals surface area contributed by atoms with Crippen molar-refractivity contribution in [3.05, 3.63) is 59.8 Å². The molecule has 0 radical (unpaired) electrons. The Morgan fingerprint density at radius 1 is 1.08 bits per heavy atom. The number of carbonyl (C=O) groups excluding carboxylic acids is 1. The Kier molecular flexibility index (Phi) is 5.50. The van der Waals surface area contributed by atoms with E-state index in [9.17, 15) is 4.79 Å². The van der Waals surface area contributed by atoms with E-state index in [1.807, 2.05) is 55.5 Å². The van der Waals surface area contributed by atoms with Crippen molar-refractivity contribution in [2.75, 3.05) is 12.9 Å². The Morgan fingerprint density at radius 3 is 2.52 bits per heavy atom. The van der Waals surface area contributed by atoms with Crippen LogP contribution in [0, 0.1) is 6.92 Å². The molecule has 0 aliphatic rings. The second-order valence-electron chi connectivity index (χ2n) is 5.48. The molecule has 6 heteroatoms. The summed E-state index contributed by atoms with van der Waals surface area (Å²) in [5.74, 6) is 1.01. The molecule has 0 spiro atoms. The number of methoxy groups -OCH3 is 1. The summed E-state index contributed by atoms with van der Waals surface area (Å²) in [6, 6.07) is 15.4. The van der Waals surface area contributed by atoms with Crippen molar-refractivity contribution in [1.29, 1.82) is 0 Å². The quantitative estimate of drug-likeness (QED) is 0.689. The summed E-state index contributed by atoms with van der Waals surface area (Å²) in [6.07, 6.45) is 0. The molecule has 1 N–H and O–H groups in total. The zero-order valence-corrected chi connectivity index (χ0v) is 15.0. The lowest BCUT2D eigenvalue weighted by molar-refractivity contribution is -0.118. The van der Waals surface area contributed by atoms with Gasteiger partial charge in [-0.3, -0.25) is 4.79 Å². The molecule has 0 saturated carbocycles. The number of nitrogens with one attached hydrogen (secondary N) is 1. The normalized spacial score (nSPS) is 10.6. The second kappa shape index (κ2) is 7.98. The van der Waals surface area contributed by atoms with Gasteiger partial charge in [-0.1, -0.05) is 42.1 Å². The molecule has 0 fully saturated rings. The summed E-state index contributed by atoms with van der Waals surface area (Å²) < 4.78 is 5.29. The van der Waals surface area contributed by atoms with Crippen LogP contribution in [0.15, 0.2) is 53.6 Å². The number of rotatable bonds is 6. The molecule has 0 bridgehead atoms. The van der Waals surface area contributed by atoms with Crippen molar-refractivity contribution < 1.29 is 9.53 Å². The number of amides is 1. The molecule has 0 aliphatic heterocycles. The van der Waals surface area contributed by atoms with E-state index in [4.69, 9.17) is 4.74 Å². The largest absolute Gasteiger partial charge is 0.496 e. The Bertz CT molecular complexity index is 899. The van der Waals surface area contributed by atoms with Crippen molar-refractivity contribution in [3.63, 3.8) is 0 Å². The van der Waals surface area contributed by atoms with E-state index in [1.54, 1.807) is 7.11 Å². The van der Waals surface area contributed by atoms with Gasteiger partial charge in [0.15, 0.2) is 0 Å². The Labute approximate surface area is 150 Å². The number of thioether (sulfide) groups is 1. The number of aromatic nitrogens is 2. The van der Waals surface area contributed by atoms with Crippen LogP contribution in [-0.4, -0.2) is 28.7 Å². The summed E-state index contributed by atoms with van der Waals surface area (Å²) in [4.78, 5) is 21.3. The number of nitrogens with zero attached hydrogens (tertiary/aromatic N) is 2. The van der Waals surface area contributed by atoms with Gasteiger partial charge < -0.3 is 10.1 Å². The highest BCUT2D eigenvalue weighted by Gasteiger charge is 2.10. The van der Waals surface area contributed by atoms with Gasteiger partial charge in [0.2, 0.25) is 5.91 Å². The van der Waals surface area contributed by atoms with E-state index in [0.717, 1.165) is 33.1 Å². The molecule has 1 aromatic heterocycles. The molecular formula is C19H19N3O2S. The average Bonchev–Trinajstić information content (AvgIpc) is 2.64. The predicted molar refractivity (Wildman–Crippen MR) is 99.8 cm³/mol. The first kappa shape index (κ1) is 17.2. The van der Waals surface area contributed by atoms with Gasteiger partial charge in [0, 0.05) is 12.1 Å². The molecule has 1 amide bonds. The van der Waals surface area contributed by atoms with Crippen LogP contribution >= 0.6 is 11.8 Å². The van der Waals surface area contributed by atoms with Crippen molar-refractivity contribution in [1.82, 2.24) is 15.3 Å². The SMILES string of the molecule is COc1ccccc1CNC(=O)CSc1nc2ccccc2nc1C. The van der Waals surface area contributed by atoms with Crippen LogP contribution in [0.1, 0.15) is 11.3 Å². The molecule has 5 nitrogen and oxygen atoms in total. The van der Waals surface area contributed by atoms with Crippen LogP contribution in [0.3, 0.4) is 0 Å². The van der Waals surface area contributed by atoms with Gasteiger partial charge in [0.25, 0.3) is 0 Å². The van der Waals surface area contributed by atoms with E-state index in [-0.39, 0.29) is 5.91 Å². The number of carbonyl (C=O) groups is 1. The lowest BCUT2D eigenvalue weighted by Gasteiger charge is -2.10. The molecule has 128 valence electrons. The van der Waals surface area contributed by atoms with Crippen LogP contribution in [-0.2, 0) is 11.3 Å². The van der Waals surface area contributed by atoms with E-state index in [0.29, 0.717) is 12.3 Å². The average molecular weight is 353 g/mol. The smallest absolute Gasteiger partial charge is 0.230 e. The number of benzene rings is 2. The number of ether oxygens (including phenoxy) is 1. The minimum atomic E-state index is -0.0507. The van der Waals surface area contributed by atoms with Crippen molar-refractivity contribution in [3.8, 4) is 5.75 Å². The molecule has 0 aliphatic carbocycles. The lowest BCUT2D eigenvalue weighted by atomic mass is 10.2. The molecule has 2 aromatic carbocycles. The molecule has 1 heterocycles. The summed E-state index contributed by atoms with van der Waals surface area (Å²) in [6.45, 7) is 2.35. The van der Waals surface area contributed by atoms with E-state index >= 15 is 0 Å².